The first kappa shape index (κ1) is 11.5. The normalized spacial score (nSPS) is 22.9. The first-order valence-corrected chi connectivity index (χ1v) is 6.16. The van der Waals surface area contributed by atoms with Crippen LogP contribution >= 0.6 is 0 Å². The van der Waals surface area contributed by atoms with Gasteiger partial charge in [-0.2, -0.15) is 0 Å². The fraction of sp³-hybridized carbons (Fsp3) is 0.750. The third kappa shape index (κ3) is 3.23. The summed E-state index contributed by atoms with van der Waals surface area (Å²) in [6.45, 7) is 2.70. The maximum absolute atomic E-state index is 11.7. The minimum Gasteiger partial charge on any atom is -0.378 e. The molecule has 0 aromatic heterocycles. The SMILES string of the molecule is O=C(N/C=C/C1CCCC1)N1CCOCC1. The zero-order chi connectivity index (χ0) is 11.2. The highest BCUT2D eigenvalue weighted by atomic mass is 16.5. The van der Waals surface area contributed by atoms with Gasteiger partial charge in [0.1, 0.15) is 0 Å². The van der Waals surface area contributed by atoms with Crippen molar-refractivity contribution in [3.63, 3.8) is 0 Å². The Balaban J connectivity index is 1.69. The van der Waals surface area contributed by atoms with Gasteiger partial charge < -0.3 is 15.0 Å². The summed E-state index contributed by atoms with van der Waals surface area (Å²) in [5.74, 6) is 0.671. The number of rotatable bonds is 2. The molecule has 0 unspecified atom stereocenters. The van der Waals surface area contributed by atoms with Crippen molar-refractivity contribution in [1.29, 1.82) is 0 Å². The fourth-order valence-electron chi connectivity index (χ4n) is 2.26. The Morgan fingerprint density at radius 3 is 2.62 bits per heavy atom. The van der Waals surface area contributed by atoms with Crippen molar-refractivity contribution >= 4 is 6.03 Å². The Kier molecular flexibility index (Phi) is 4.22. The highest BCUT2D eigenvalue weighted by molar-refractivity contribution is 5.75. The Morgan fingerprint density at radius 1 is 1.25 bits per heavy atom. The van der Waals surface area contributed by atoms with E-state index in [1.807, 2.05) is 6.20 Å². The largest absolute Gasteiger partial charge is 0.378 e. The van der Waals surface area contributed by atoms with E-state index in [4.69, 9.17) is 4.74 Å². The molecule has 1 heterocycles. The van der Waals surface area contributed by atoms with Crippen molar-refractivity contribution in [2.75, 3.05) is 26.3 Å². The number of allylic oxidation sites excluding steroid dienone is 1. The fourth-order valence-corrected chi connectivity index (χ4v) is 2.26. The van der Waals surface area contributed by atoms with Crippen LogP contribution in [-0.4, -0.2) is 37.2 Å². The van der Waals surface area contributed by atoms with Gasteiger partial charge in [-0.15, -0.1) is 0 Å². The summed E-state index contributed by atoms with van der Waals surface area (Å²) in [4.78, 5) is 13.5. The molecule has 4 heteroatoms. The topological polar surface area (TPSA) is 41.6 Å². The predicted octanol–water partition coefficient (Wildman–Crippen LogP) is 1.73. The summed E-state index contributed by atoms with van der Waals surface area (Å²) in [5.41, 5.74) is 0. The Hall–Kier alpha value is -1.03. The molecule has 1 aliphatic heterocycles. The van der Waals surface area contributed by atoms with Gasteiger partial charge in [-0.1, -0.05) is 18.9 Å². The third-order valence-corrected chi connectivity index (χ3v) is 3.27. The van der Waals surface area contributed by atoms with E-state index in [2.05, 4.69) is 11.4 Å². The van der Waals surface area contributed by atoms with Crippen molar-refractivity contribution < 1.29 is 9.53 Å². The number of urea groups is 1. The molecule has 0 bridgehead atoms. The van der Waals surface area contributed by atoms with E-state index in [1.54, 1.807) is 4.90 Å². The number of carbonyl (C=O) groups excluding carboxylic acids is 1. The molecule has 4 nitrogen and oxygen atoms in total. The van der Waals surface area contributed by atoms with Gasteiger partial charge in [-0.25, -0.2) is 4.79 Å². The van der Waals surface area contributed by atoms with Gasteiger partial charge in [0, 0.05) is 19.3 Å². The molecule has 0 radical (unpaired) electrons. The first-order chi connectivity index (χ1) is 7.86. The van der Waals surface area contributed by atoms with Crippen LogP contribution in [0, 0.1) is 5.92 Å². The number of nitrogens with zero attached hydrogens (tertiary/aromatic N) is 1. The molecule has 2 rings (SSSR count). The summed E-state index contributed by atoms with van der Waals surface area (Å²) in [6, 6.07) is -0.00227. The van der Waals surface area contributed by atoms with Gasteiger partial charge in [0.15, 0.2) is 0 Å². The number of morpholine rings is 1. The minimum atomic E-state index is -0.00227. The maximum Gasteiger partial charge on any atom is 0.321 e. The van der Waals surface area contributed by atoms with Crippen LogP contribution in [0.5, 0.6) is 0 Å². The number of hydrogen-bond acceptors (Lipinski definition) is 2. The van der Waals surface area contributed by atoms with Crippen LogP contribution in [0.3, 0.4) is 0 Å². The van der Waals surface area contributed by atoms with Crippen LogP contribution < -0.4 is 5.32 Å². The number of amides is 2. The molecule has 0 spiro atoms. The van der Waals surface area contributed by atoms with Crippen LogP contribution in [-0.2, 0) is 4.74 Å². The summed E-state index contributed by atoms with van der Waals surface area (Å²) in [5, 5.41) is 2.83. The van der Waals surface area contributed by atoms with Crippen LogP contribution in [0.1, 0.15) is 25.7 Å². The summed E-state index contributed by atoms with van der Waals surface area (Å²) in [6.07, 6.45) is 9.13. The van der Waals surface area contributed by atoms with Gasteiger partial charge in [-0.05, 0) is 18.8 Å². The molecule has 0 aromatic rings. The lowest BCUT2D eigenvalue weighted by molar-refractivity contribution is 0.0540. The zero-order valence-corrected chi connectivity index (χ0v) is 9.65. The highest BCUT2D eigenvalue weighted by Crippen LogP contribution is 2.25. The molecule has 1 N–H and O–H groups in total. The number of carbonyl (C=O) groups is 1. The van der Waals surface area contributed by atoms with E-state index >= 15 is 0 Å². The second-order valence-electron chi connectivity index (χ2n) is 4.45. The highest BCUT2D eigenvalue weighted by Gasteiger charge is 2.15. The van der Waals surface area contributed by atoms with Crippen molar-refractivity contribution in [1.82, 2.24) is 10.2 Å². The van der Waals surface area contributed by atoms with Crippen molar-refractivity contribution in [3.8, 4) is 0 Å². The molecule has 2 aliphatic rings. The molecule has 1 aliphatic carbocycles. The van der Waals surface area contributed by atoms with E-state index in [0.717, 1.165) is 0 Å². The first-order valence-electron chi connectivity index (χ1n) is 6.16. The van der Waals surface area contributed by atoms with E-state index in [9.17, 15) is 4.79 Å². The Bertz CT molecular complexity index is 254. The number of nitrogens with one attached hydrogen (secondary N) is 1. The van der Waals surface area contributed by atoms with E-state index < -0.39 is 0 Å². The van der Waals surface area contributed by atoms with E-state index in [1.165, 1.54) is 25.7 Å². The predicted molar refractivity (Wildman–Crippen MR) is 62.0 cm³/mol. The van der Waals surface area contributed by atoms with Gasteiger partial charge in [0.2, 0.25) is 0 Å². The van der Waals surface area contributed by atoms with Crippen LogP contribution in [0.4, 0.5) is 4.79 Å². The van der Waals surface area contributed by atoms with Crippen molar-refractivity contribution in [2.24, 2.45) is 5.92 Å². The van der Waals surface area contributed by atoms with E-state index in [-0.39, 0.29) is 6.03 Å². The quantitative estimate of drug-likeness (QED) is 0.776. The summed E-state index contributed by atoms with van der Waals surface area (Å²) >= 11 is 0. The summed E-state index contributed by atoms with van der Waals surface area (Å²) < 4.78 is 5.20. The van der Waals surface area contributed by atoms with Gasteiger partial charge in [0.25, 0.3) is 0 Å². The molecule has 0 atom stereocenters. The van der Waals surface area contributed by atoms with Gasteiger partial charge in [0.05, 0.1) is 13.2 Å². The zero-order valence-electron chi connectivity index (χ0n) is 9.65. The lowest BCUT2D eigenvalue weighted by atomic mass is 10.1. The Labute approximate surface area is 96.6 Å². The average molecular weight is 224 g/mol. The van der Waals surface area contributed by atoms with Crippen LogP contribution in [0.2, 0.25) is 0 Å². The van der Waals surface area contributed by atoms with Crippen molar-refractivity contribution in [2.45, 2.75) is 25.7 Å². The van der Waals surface area contributed by atoms with Crippen LogP contribution in [0.15, 0.2) is 12.3 Å². The molecule has 2 fully saturated rings. The number of hydrogen-bond donors (Lipinski definition) is 1. The molecule has 90 valence electrons. The van der Waals surface area contributed by atoms with Gasteiger partial charge >= 0.3 is 6.03 Å². The van der Waals surface area contributed by atoms with Crippen molar-refractivity contribution in [3.05, 3.63) is 12.3 Å². The smallest absolute Gasteiger partial charge is 0.321 e. The molecular formula is C12H20N2O2. The summed E-state index contributed by atoms with van der Waals surface area (Å²) in [7, 11) is 0. The molecular weight excluding hydrogens is 204 g/mol. The monoisotopic (exact) mass is 224 g/mol. The average Bonchev–Trinajstić information content (AvgIpc) is 2.83. The standard InChI is InChI=1S/C12H20N2O2/c15-12(14-7-9-16-10-8-14)13-6-5-11-3-1-2-4-11/h5-6,11H,1-4,7-10H2,(H,13,15)/b6-5+. The molecule has 1 saturated heterocycles. The molecule has 1 saturated carbocycles. The maximum atomic E-state index is 11.7. The minimum absolute atomic E-state index is 0.00227. The van der Waals surface area contributed by atoms with Gasteiger partial charge in [-0.3, -0.25) is 0 Å². The second-order valence-corrected chi connectivity index (χ2v) is 4.45. The molecule has 2 amide bonds. The van der Waals surface area contributed by atoms with Crippen LogP contribution in [0.25, 0.3) is 0 Å². The third-order valence-electron chi connectivity index (χ3n) is 3.27. The molecule has 16 heavy (non-hydrogen) atoms. The second kappa shape index (κ2) is 5.89. The lowest BCUT2D eigenvalue weighted by Gasteiger charge is -2.26. The lowest BCUT2D eigenvalue weighted by Crippen LogP contribution is -2.44. The Morgan fingerprint density at radius 2 is 1.94 bits per heavy atom. The van der Waals surface area contributed by atoms with E-state index in [0.29, 0.717) is 32.2 Å². The molecule has 0 aromatic carbocycles. The number of ether oxygens (including phenoxy) is 1.